The van der Waals surface area contributed by atoms with Crippen LogP contribution in [0.3, 0.4) is 0 Å². The number of nitro benzene ring substituents is 1. The molecule has 0 atom stereocenters. The number of anilines is 1. The van der Waals surface area contributed by atoms with E-state index in [9.17, 15) is 19.3 Å². The van der Waals surface area contributed by atoms with Crippen LogP contribution in [0.25, 0.3) is 0 Å². The fourth-order valence-corrected chi connectivity index (χ4v) is 2.43. The second-order valence-electron chi connectivity index (χ2n) is 5.73. The van der Waals surface area contributed by atoms with Crippen LogP contribution in [0.2, 0.25) is 0 Å². The molecular weight excluding hydrogens is 395 g/mol. The van der Waals surface area contributed by atoms with Crippen molar-refractivity contribution in [2.45, 2.75) is 13.8 Å². The van der Waals surface area contributed by atoms with Crippen LogP contribution in [0.4, 0.5) is 15.8 Å². The summed E-state index contributed by atoms with van der Waals surface area (Å²) in [7, 11) is 0. The lowest BCUT2D eigenvalue weighted by molar-refractivity contribution is -0.384. The van der Waals surface area contributed by atoms with Crippen LogP contribution >= 0.6 is 15.9 Å². The minimum Gasteiger partial charge on any atom is -0.492 e. The second kappa shape index (κ2) is 8.06. The number of carbonyl (C=O) groups excluding carboxylic acids is 1. The van der Waals surface area contributed by atoms with Crippen LogP contribution < -0.4 is 10.1 Å². The normalized spacial score (nSPS) is 10.6. The number of amides is 1. The molecule has 0 aliphatic carbocycles. The Balaban J connectivity index is 2.17. The van der Waals surface area contributed by atoms with E-state index in [4.69, 9.17) is 4.74 Å². The Morgan fingerprint density at radius 1 is 1.32 bits per heavy atom. The van der Waals surface area contributed by atoms with Crippen molar-refractivity contribution >= 4 is 33.2 Å². The molecule has 0 spiro atoms. The standard InChI is InChI=1S/C17H16BrFN2O4/c1-10(2)9-25-16-6-3-11(7-13(16)18)17(22)20-15-8-12(21(23)24)4-5-14(15)19/h3-8,10H,9H2,1-2H3,(H,20,22). The largest absolute Gasteiger partial charge is 0.492 e. The number of carbonyl (C=O) groups is 1. The maximum atomic E-state index is 13.8. The number of nitrogens with one attached hydrogen (secondary N) is 1. The molecule has 0 saturated heterocycles. The number of nitro groups is 1. The molecular formula is C17H16BrFN2O4. The Kier molecular flexibility index (Phi) is 6.08. The van der Waals surface area contributed by atoms with Gasteiger partial charge in [0.05, 0.1) is 21.7 Å². The average molecular weight is 411 g/mol. The first-order chi connectivity index (χ1) is 11.8. The van der Waals surface area contributed by atoms with E-state index >= 15 is 0 Å². The summed E-state index contributed by atoms with van der Waals surface area (Å²) in [5.41, 5.74) is -0.305. The highest BCUT2D eigenvalue weighted by Crippen LogP contribution is 2.27. The van der Waals surface area contributed by atoms with Crippen LogP contribution in [0, 0.1) is 21.8 Å². The molecule has 0 fully saturated rings. The number of ether oxygens (including phenoxy) is 1. The molecule has 2 rings (SSSR count). The first-order valence-corrected chi connectivity index (χ1v) is 8.25. The van der Waals surface area contributed by atoms with Crippen molar-refractivity contribution < 1.29 is 18.8 Å². The highest BCUT2D eigenvalue weighted by molar-refractivity contribution is 9.10. The zero-order valence-corrected chi connectivity index (χ0v) is 15.2. The molecule has 0 aliphatic rings. The fourth-order valence-electron chi connectivity index (χ4n) is 1.93. The number of nitrogens with zero attached hydrogens (tertiary/aromatic N) is 1. The maximum Gasteiger partial charge on any atom is 0.271 e. The molecule has 0 aliphatic heterocycles. The summed E-state index contributed by atoms with van der Waals surface area (Å²) in [6.45, 7) is 4.57. The fraction of sp³-hybridized carbons (Fsp3) is 0.235. The van der Waals surface area contributed by atoms with E-state index < -0.39 is 16.6 Å². The molecule has 0 bridgehead atoms. The minimum atomic E-state index is -0.755. The molecule has 0 saturated carbocycles. The topological polar surface area (TPSA) is 81.5 Å². The molecule has 0 heterocycles. The third kappa shape index (κ3) is 4.99. The van der Waals surface area contributed by atoms with Crippen molar-refractivity contribution in [2.24, 2.45) is 5.92 Å². The number of non-ortho nitro benzene ring substituents is 1. The summed E-state index contributed by atoms with van der Waals surface area (Å²) in [6.07, 6.45) is 0. The van der Waals surface area contributed by atoms with E-state index in [0.29, 0.717) is 22.7 Å². The van der Waals surface area contributed by atoms with E-state index in [1.54, 1.807) is 12.1 Å². The summed E-state index contributed by atoms with van der Waals surface area (Å²) in [5.74, 6) is -0.399. The van der Waals surface area contributed by atoms with Gasteiger partial charge in [-0.2, -0.15) is 0 Å². The lowest BCUT2D eigenvalue weighted by Gasteiger charge is -2.12. The monoisotopic (exact) mass is 410 g/mol. The number of halogens is 2. The predicted molar refractivity (Wildman–Crippen MR) is 95.5 cm³/mol. The third-order valence-corrected chi connectivity index (χ3v) is 3.79. The Morgan fingerprint density at radius 2 is 2.04 bits per heavy atom. The third-order valence-electron chi connectivity index (χ3n) is 3.18. The summed E-state index contributed by atoms with van der Waals surface area (Å²) in [6, 6.07) is 7.65. The van der Waals surface area contributed by atoms with E-state index in [1.807, 2.05) is 13.8 Å². The number of hydrogen-bond donors (Lipinski definition) is 1. The zero-order chi connectivity index (χ0) is 18.6. The van der Waals surface area contributed by atoms with Gasteiger partial charge in [-0.25, -0.2) is 4.39 Å². The van der Waals surface area contributed by atoms with Crippen molar-refractivity contribution in [3.8, 4) is 5.75 Å². The molecule has 1 N–H and O–H groups in total. The molecule has 1 amide bonds. The van der Waals surface area contributed by atoms with Gasteiger partial charge in [-0.15, -0.1) is 0 Å². The van der Waals surface area contributed by atoms with E-state index in [2.05, 4.69) is 21.2 Å². The van der Waals surface area contributed by atoms with Crippen LogP contribution in [-0.4, -0.2) is 17.4 Å². The highest BCUT2D eigenvalue weighted by atomic mass is 79.9. The quantitative estimate of drug-likeness (QED) is 0.548. The Labute approximate surface area is 152 Å². The highest BCUT2D eigenvalue weighted by Gasteiger charge is 2.15. The molecule has 2 aromatic rings. The van der Waals surface area contributed by atoms with Crippen molar-refractivity contribution in [1.29, 1.82) is 0 Å². The van der Waals surface area contributed by atoms with Gasteiger partial charge < -0.3 is 10.1 Å². The van der Waals surface area contributed by atoms with E-state index in [-0.39, 0.29) is 16.9 Å². The molecule has 25 heavy (non-hydrogen) atoms. The predicted octanol–water partition coefficient (Wildman–Crippen LogP) is 4.78. The number of benzene rings is 2. The SMILES string of the molecule is CC(C)COc1ccc(C(=O)Nc2cc([N+](=O)[O-])ccc2F)cc1Br. The first-order valence-electron chi connectivity index (χ1n) is 7.45. The van der Waals surface area contributed by atoms with Crippen molar-refractivity contribution in [3.05, 3.63) is 62.4 Å². The van der Waals surface area contributed by atoms with Gasteiger partial charge in [0.25, 0.3) is 11.6 Å². The minimum absolute atomic E-state index is 0.254. The summed E-state index contributed by atoms with van der Waals surface area (Å²) in [4.78, 5) is 22.4. The van der Waals surface area contributed by atoms with Gasteiger partial charge in [-0.3, -0.25) is 14.9 Å². The van der Waals surface area contributed by atoms with Crippen molar-refractivity contribution in [3.63, 3.8) is 0 Å². The molecule has 0 unspecified atom stereocenters. The van der Waals surface area contributed by atoms with E-state index in [1.165, 1.54) is 6.07 Å². The number of rotatable bonds is 6. The summed E-state index contributed by atoms with van der Waals surface area (Å²) < 4.78 is 19.9. The van der Waals surface area contributed by atoms with Gasteiger partial charge in [0, 0.05) is 17.7 Å². The van der Waals surface area contributed by atoms with Gasteiger partial charge >= 0.3 is 0 Å². The van der Waals surface area contributed by atoms with Crippen LogP contribution in [0.5, 0.6) is 5.75 Å². The van der Waals surface area contributed by atoms with Crippen LogP contribution in [0.1, 0.15) is 24.2 Å². The Hall–Kier alpha value is -2.48. The average Bonchev–Trinajstić information content (AvgIpc) is 2.55. The molecule has 132 valence electrons. The molecule has 2 aromatic carbocycles. The van der Waals surface area contributed by atoms with Gasteiger partial charge in [-0.1, -0.05) is 13.8 Å². The Bertz CT molecular complexity index is 811. The zero-order valence-electron chi connectivity index (χ0n) is 13.6. The maximum absolute atomic E-state index is 13.8. The van der Waals surface area contributed by atoms with Gasteiger partial charge in [-0.05, 0) is 46.1 Å². The summed E-state index contributed by atoms with van der Waals surface area (Å²) in [5, 5.41) is 13.1. The van der Waals surface area contributed by atoms with E-state index in [0.717, 1.165) is 18.2 Å². The Morgan fingerprint density at radius 3 is 2.64 bits per heavy atom. The molecule has 0 radical (unpaired) electrons. The molecule has 0 aromatic heterocycles. The van der Waals surface area contributed by atoms with Crippen molar-refractivity contribution in [2.75, 3.05) is 11.9 Å². The lowest BCUT2D eigenvalue weighted by Crippen LogP contribution is -2.13. The van der Waals surface area contributed by atoms with Crippen LogP contribution in [0.15, 0.2) is 40.9 Å². The van der Waals surface area contributed by atoms with Gasteiger partial charge in [0.15, 0.2) is 0 Å². The first kappa shape index (κ1) is 18.9. The van der Waals surface area contributed by atoms with Crippen molar-refractivity contribution in [1.82, 2.24) is 0 Å². The van der Waals surface area contributed by atoms with Crippen LogP contribution in [-0.2, 0) is 0 Å². The second-order valence-corrected chi connectivity index (χ2v) is 6.58. The smallest absolute Gasteiger partial charge is 0.271 e. The molecule has 8 heteroatoms. The number of hydrogen-bond acceptors (Lipinski definition) is 4. The molecule has 6 nitrogen and oxygen atoms in total. The lowest BCUT2D eigenvalue weighted by atomic mass is 10.2. The summed E-state index contributed by atoms with van der Waals surface area (Å²) >= 11 is 3.33. The van der Waals surface area contributed by atoms with Gasteiger partial charge in [0.2, 0.25) is 0 Å². The van der Waals surface area contributed by atoms with Gasteiger partial charge in [0.1, 0.15) is 11.6 Å².